The van der Waals surface area contributed by atoms with Gasteiger partial charge in [-0.05, 0) is 25.0 Å². The van der Waals surface area contributed by atoms with Crippen molar-refractivity contribution in [1.82, 2.24) is 10.3 Å². The number of pyridine rings is 1. The fourth-order valence-electron chi connectivity index (χ4n) is 2.56. The molecule has 116 valence electrons. The molecule has 0 fully saturated rings. The molecule has 4 heteroatoms. The number of aryl methyl sites for hydroxylation is 1. The predicted octanol–water partition coefficient (Wildman–Crippen LogP) is 2.67. The van der Waals surface area contributed by atoms with Crippen LogP contribution in [0.5, 0.6) is 0 Å². The third-order valence-electron chi connectivity index (χ3n) is 3.77. The van der Waals surface area contributed by atoms with Gasteiger partial charge >= 0.3 is 0 Å². The molecular weight excluding hydrogens is 262 g/mol. The summed E-state index contributed by atoms with van der Waals surface area (Å²) in [5, 5.41) is 3.49. The van der Waals surface area contributed by atoms with E-state index in [1.807, 2.05) is 6.20 Å². The number of ether oxygens (including phenoxy) is 1. The van der Waals surface area contributed by atoms with Crippen molar-refractivity contribution in [2.75, 3.05) is 31.7 Å². The number of aromatic nitrogens is 1. The minimum absolute atomic E-state index is 0.480. The van der Waals surface area contributed by atoms with E-state index in [2.05, 4.69) is 48.1 Å². The molecule has 1 aliphatic rings. The Hall–Kier alpha value is -1.39. The van der Waals surface area contributed by atoms with E-state index in [1.54, 1.807) is 7.11 Å². The van der Waals surface area contributed by atoms with Gasteiger partial charge in [0.15, 0.2) is 0 Å². The van der Waals surface area contributed by atoms with Crippen molar-refractivity contribution in [1.29, 1.82) is 0 Å². The minimum atomic E-state index is 0.480. The van der Waals surface area contributed by atoms with Crippen LogP contribution in [0.3, 0.4) is 0 Å². The summed E-state index contributed by atoms with van der Waals surface area (Å²) < 4.78 is 5.22. The fourth-order valence-corrected chi connectivity index (χ4v) is 2.56. The Balaban J connectivity index is 2.13. The first kappa shape index (κ1) is 16.0. The molecule has 0 saturated carbocycles. The quantitative estimate of drug-likeness (QED) is 0.817. The molecule has 2 heterocycles. The highest BCUT2D eigenvalue weighted by Gasteiger charge is 2.16. The third-order valence-corrected chi connectivity index (χ3v) is 3.77. The third kappa shape index (κ3) is 4.55. The highest BCUT2D eigenvalue weighted by atomic mass is 16.5. The first-order valence-electron chi connectivity index (χ1n) is 7.71. The summed E-state index contributed by atoms with van der Waals surface area (Å²) in [7, 11) is 1.76. The summed E-state index contributed by atoms with van der Waals surface area (Å²) in [5.41, 5.74) is 5.06. The molecule has 0 bridgehead atoms. The fraction of sp³-hybridized carbons (Fsp3) is 0.588. The number of nitrogens with one attached hydrogen (secondary N) is 1. The monoisotopic (exact) mass is 289 g/mol. The van der Waals surface area contributed by atoms with Crippen LogP contribution in [0.2, 0.25) is 0 Å². The summed E-state index contributed by atoms with van der Waals surface area (Å²) in [6, 6.07) is 2.68. The number of methoxy groups -OCH3 is 1. The zero-order valence-corrected chi connectivity index (χ0v) is 13.6. The van der Waals surface area contributed by atoms with Gasteiger partial charge < -0.3 is 15.0 Å². The van der Waals surface area contributed by atoms with Crippen molar-refractivity contribution in [2.45, 2.75) is 39.8 Å². The van der Waals surface area contributed by atoms with Gasteiger partial charge in [-0.25, -0.2) is 0 Å². The molecule has 0 atom stereocenters. The molecule has 0 aliphatic carbocycles. The zero-order chi connectivity index (χ0) is 15.2. The number of anilines is 1. The Morgan fingerprint density at radius 3 is 2.86 bits per heavy atom. The van der Waals surface area contributed by atoms with Crippen LogP contribution in [0.1, 0.15) is 31.5 Å². The van der Waals surface area contributed by atoms with E-state index in [0.717, 1.165) is 38.4 Å². The van der Waals surface area contributed by atoms with Crippen molar-refractivity contribution in [2.24, 2.45) is 0 Å². The van der Waals surface area contributed by atoms with E-state index in [-0.39, 0.29) is 0 Å². The van der Waals surface area contributed by atoms with Crippen LogP contribution in [-0.4, -0.2) is 37.8 Å². The van der Waals surface area contributed by atoms with Crippen molar-refractivity contribution < 1.29 is 4.74 Å². The Kier molecular flexibility index (Phi) is 5.76. The van der Waals surface area contributed by atoms with Crippen LogP contribution in [0, 0.1) is 6.92 Å². The lowest BCUT2D eigenvalue weighted by Crippen LogP contribution is -2.31. The maximum Gasteiger partial charge on any atom is 0.0674 e. The van der Waals surface area contributed by atoms with Gasteiger partial charge in [-0.2, -0.15) is 0 Å². The number of hydrogen-bond acceptors (Lipinski definition) is 4. The number of hydrogen-bond donors (Lipinski definition) is 1. The molecule has 2 rings (SSSR count). The van der Waals surface area contributed by atoms with E-state index in [9.17, 15) is 0 Å². The zero-order valence-electron chi connectivity index (χ0n) is 13.6. The van der Waals surface area contributed by atoms with Gasteiger partial charge in [0.05, 0.1) is 6.61 Å². The smallest absolute Gasteiger partial charge is 0.0674 e. The average Bonchev–Trinajstić information content (AvgIpc) is 2.47. The van der Waals surface area contributed by atoms with E-state index in [1.165, 1.54) is 16.8 Å². The summed E-state index contributed by atoms with van der Waals surface area (Å²) in [6.45, 7) is 10.0. The van der Waals surface area contributed by atoms with Gasteiger partial charge in [0.25, 0.3) is 0 Å². The first-order chi connectivity index (χ1) is 10.1. The second kappa shape index (κ2) is 7.57. The molecule has 0 aromatic carbocycles. The Morgan fingerprint density at radius 1 is 1.43 bits per heavy atom. The van der Waals surface area contributed by atoms with Crippen LogP contribution >= 0.6 is 0 Å². The van der Waals surface area contributed by atoms with Gasteiger partial charge in [-0.1, -0.05) is 19.9 Å². The van der Waals surface area contributed by atoms with E-state index < -0.39 is 0 Å². The Labute approximate surface area is 128 Å². The molecular formula is C17H27N3O. The normalized spacial score (nSPS) is 15.5. The molecule has 4 nitrogen and oxygen atoms in total. The minimum Gasteiger partial charge on any atom is -0.380 e. The summed E-state index contributed by atoms with van der Waals surface area (Å²) in [5.74, 6) is 0. The van der Waals surface area contributed by atoms with E-state index >= 15 is 0 Å². The summed E-state index contributed by atoms with van der Waals surface area (Å²) in [4.78, 5) is 6.89. The maximum atomic E-state index is 5.22. The highest BCUT2D eigenvalue weighted by Crippen LogP contribution is 2.24. The van der Waals surface area contributed by atoms with Crippen molar-refractivity contribution in [3.8, 4) is 0 Å². The van der Waals surface area contributed by atoms with Crippen molar-refractivity contribution >= 4 is 5.69 Å². The molecule has 0 saturated heterocycles. The summed E-state index contributed by atoms with van der Waals surface area (Å²) in [6.07, 6.45) is 5.38. The molecule has 0 spiro atoms. The lowest BCUT2D eigenvalue weighted by Gasteiger charge is -2.30. The highest BCUT2D eigenvalue weighted by molar-refractivity contribution is 5.55. The van der Waals surface area contributed by atoms with Crippen LogP contribution in [0.25, 0.3) is 0 Å². The number of nitrogens with zero attached hydrogens (tertiary/aromatic N) is 2. The molecule has 0 amide bonds. The first-order valence-corrected chi connectivity index (χ1v) is 7.71. The van der Waals surface area contributed by atoms with Gasteiger partial charge in [-0.3, -0.25) is 4.98 Å². The molecule has 1 N–H and O–H groups in total. The largest absolute Gasteiger partial charge is 0.380 e. The van der Waals surface area contributed by atoms with E-state index in [4.69, 9.17) is 4.74 Å². The molecule has 1 aliphatic heterocycles. The standard InChI is InChI=1S/C17H27N3O/c1-13(2)18-10-16-11-19-14(3)9-17(16)20-7-5-15(6-8-20)12-21-4/h5,9,11,13,18H,6-8,10,12H2,1-4H3. The number of rotatable bonds is 6. The Morgan fingerprint density at radius 2 is 2.24 bits per heavy atom. The Bertz CT molecular complexity index is 497. The molecule has 1 aromatic rings. The summed E-state index contributed by atoms with van der Waals surface area (Å²) >= 11 is 0. The van der Waals surface area contributed by atoms with Gasteiger partial charge in [-0.15, -0.1) is 0 Å². The van der Waals surface area contributed by atoms with E-state index in [0.29, 0.717) is 6.04 Å². The van der Waals surface area contributed by atoms with Crippen molar-refractivity contribution in [3.05, 3.63) is 35.2 Å². The predicted molar refractivity (Wildman–Crippen MR) is 87.7 cm³/mol. The molecule has 0 unspecified atom stereocenters. The maximum absolute atomic E-state index is 5.22. The van der Waals surface area contributed by atoms with Crippen LogP contribution in [0.15, 0.2) is 23.9 Å². The topological polar surface area (TPSA) is 37.4 Å². The second-order valence-electron chi connectivity index (χ2n) is 5.98. The lowest BCUT2D eigenvalue weighted by molar-refractivity contribution is 0.222. The lowest BCUT2D eigenvalue weighted by atomic mass is 10.1. The van der Waals surface area contributed by atoms with Crippen LogP contribution in [-0.2, 0) is 11.3 Å². The van der Waals surface area contributed by atoms with Crippen LogP contribution in [0.4, 0.5) is 5.69 Å². The molecule has 1 aromatic heterocycles. The van der Waals surface area contributed by atoms with Gasteiger partial charge in [0, 0.05) is 55.9 Å². The SMILES string of the molecule is COCC1=CCN(c2cc(C)ncc2CNC(C)C)CC1. The van der Waals surface area contributed by atoms with Gasteiger partial charge in [0.2, 0.25) is 0 Å². The average molecular weight is 289 g/mol. The van der Waals surface area contributed by atoms with Crippen LogP contribution < -0.4 is 10.2 Å². The molecule has 21 heavy (non-hydrogen) atoms. The van der Waals surface area contributed by atoms with Gasteiger partial charge in [0.1, 0.15) is 0 Å². The second-order valence-corrected chi connectivity index (χ2v) is 5.98. The molecule has 0 radical (unpaired) electrons. The van der Waals surface area contributed by atoms with Crippen molar-refractivity contribution in [3.63, 3.8) is 0 Å².